The fraction of sp³-hybridized carbons (Fsp3) is 0.250. The predicted molar refractivity (Wildman–Crippen MR) is 43.5 cm³/mol. The molecule has 0 spiro atoms. The third kappa shape index (κ3) is 2.80. The second kappa shape index (κ2) is 4.44. The Morgan fingerprint density at radius 1 is 1.55 bits per heavy atom. The minimum Gasteiger partial charge on any atom is -0.396 e. The zero-order valence-corrected chi connectivity index (χ0v) is 6.40. The topological polar surface area (TPSA) is 34.5 Å². The molecule has 0 saturated carbocycles. The van der Waals surface area contributed by atoms with Gasteiger partial charge in [-0.05, 0) is 24.6 Å². The van der Waals surface area contributed by atoms with E-state index < -0.39 is 0 Å². The van der Waals surface area contributed by atoms with Crippen molar-refractivity contribution in [3.8, 4) is 0 Å². The zero-order valence-electron chi connectivity index (χ0n) is 6.40. The van der Waals surface area contributed by atoms with E-state index in [-0.39, 0.29) is 0 Å². The van der Waals surface area contributed by atoms with Gasteiger partial charge in [0.2, 0.25) is 0 Å². The quantitative estimate of drug-likeness (QED) is 0.482. The summed E-state index contributed by atoms with van der Waals surface area (Å²) in [6.07, 6.45) is 5.09. The van der Waals surface area contributed by atoms with E-state index in [2.05, 4.69) is 10.1 Å². The van der Waals surface area contributed by atoms with Crippen LogP contribution in [0.5, 0.6) is 0 Å². The van der Waals surface area contributed by atoms with Crippen molar-refractivity contribution in [3.63, 3.8) is 0 Å². The van der Waals surface area contributed by atoms with Crippen molar-refractivity contribution in [1.82, 2.24) is 4.98 Å². The van der Waals surface area contributed by atoms with Gasteiger partial charge in [0.15, 0.2) is 0 Å². The lowest BCUT2D eigenvalue weighted by Gasteiger charge is -1.90. The Kier molecular flexibility index (Phi) is 3.12. The third-order valence-electron chi connectivity index (χ3n) is 1.11. The monoisotopic (exact) mass is 150 g/mol. The molecule has 3 heteroatoms. The van der Waals surface area contributed by atoms with Crippen LogP contribution < -0.4 is 0 Å². The molecule has 0 bridgehead atoms. The van der Waals surface area contributed by atoms with Crippen LogP contribution >= 0.6 is 0 Å². The second-order valence-electron chi connectivity index (χ2n) is 1.93. The van der Waals surface area contributed by atoms with E-state index >= 15 is 0 Å². The lowest BCUT2D eigenvalue weighted by Crippen LogP contribution is -1.83. The molecule has 0 atom stereocenters. The summed E-state index contributed by atoms with van der Waals surface area (Å²) in [5, 5.41) is 3.71. The Bertz CT molecular complexity index is 221. The SMILES string of the molecule is CCO/N=C/c1ccncc1. The van der Waals surface area contributed by atoms with Crippen LogP contribution in [0.4, 0.5) is 0 Å². The van der Waals surface area contributed by atoms with Crippen LogP contribution in [-0.4, -0.2) is 17.8 Å². The minimum atomic E-state index is 0.599. The van der Waals surface area contributed by atoms with Gasteiger partial charge in [-0.1, -0.05) is 5.16 Å². The molecule has 0 fully saturated rings. The molecule has 0 radical (unpaired) electrons. The summed E-state index contributed by atoms with van der Waals surface area (Å²) in [4.78, 5) is 8.66. The molecule has 1 aromatic heterocycles. The van der Waals surface area contributed by atoms with Gasteiger partial charge < -0.3 is 4.84 Å². The normalized spacial score (nSPS) is 10.3. The van der Waals surface area contributed by atoms with Gasteiger partial charge in [-0.3, -0.25) is 4.98 Å². The fourth-order valence-electron chi connectivity index (χ4n) is 0.622. The fourth-order valence-corrected chi connectivity index (χ4v) is 0.622. The Labute approximate surface area is 65.7 Å². The average Bonchev–Trinajstić information content (AvgIpc) is 2.07. The van der Waals surface area contributed by atoms with Crippen molar-refractivity contribution in [2.45, 2.75) is 6.92 Å². The van der Waals surface area contributed by atoms with E-state index in [1.54, 1.807) is 18.6 Å². The summed E-state index contributed by atoms with van der Waals surface area (Å²) in [6, 6.07) is 3.73. The Morgan fingerprint density at radius 3 is 2.91 bits per heavy atom. The molecule has 0 saturated heterocycles. The van der Waals surface area contributed by atoms with E-state index in [4.69, 9.17) is 4.84 Å². The van der Waals surface area contributed by atoms with E-state index in [0.29, 0.717) is 6.61 Å². The molecule has 0 aliphatic heterocycles. The maximum Gasteiger partial charge on any atom is 0.114 e. The first-order chi connectivity index (χ1) is 5.43. The molecule has 0 unspecified atom stereocenters. The summed E-state index contributed by atoms with van der Waals surface area (Å²) in [7, 11) is 0. The molecule has 58 valence electrons. The maximum atomic E-state index is 4.79. The smallest absolute Gasteiger partial charge is 0.114 e. The van der Waals surface area contributed by atoms with Crippen LogP contribution in [0.2, 0.25) is 0 Å². The lowest BCUT2D eigenvalue weighted by atomic mass is 10.3. The second-order valence-corrected chi connectivity index (χ2v) is 1.93. The van der Waals surface area contributed by atoms with Crippen molar-refractivity contribution in [2.75, 3.05) is 6.61 Å². The molecule has 0 N–H and O–H groups in total. The summed E-state index contributed by atoms with van der Waals surface area (Å²) in [5.74, 6) is 0. The highest BCUT2D eigenvalue weighted by molar-refractivity contribution is 5.78. The van der Waals surface area contributed by atoms with Crippen molar-refractivity contribution in [2.24, 2.45) is 5.16 Å². The van der Waals surface area contributed by atoms with E-state index in [9.17, 15) is 0 Å². The molecule has 0 amide bonds. The highest BCUT2D eigenvalue weighted by Crippen LogP contribution is 1.90. The first-order valence-electron chi connectivity index (χ1n) is 3.49. The molecule has 11 heavy (non-hydrogen) atoms. The summed E-state index contributed by atoms with van der Waals surface area (Å²) >= 11 is 0. The van der Waals surface area contributed by atoms with E-state index in [0.717, 1.165) is 5.56 Å². The van der Waals surface area contributed by atoms with Crippen molar-refractivity contribution in [3.05, 3.63) is 30.1 Å². The summed E-state index contributed by atoms with van der Waals surface area (Å²) < 4.78 is 0. The van der Waals surface area contributed by atoms with Crippen LogP contribution in [0.3, 0.4) is 0 Å². The van der Waals surface area contributed by atoms with Gasteiger partial charge in [0.25, 0.3) is 0 Å². The summed E-state index contributed by atoms with van der Waals surface area (Å²) in [5.41, 5.74) is 0.994. The first kappa shape index (κ1) is 7.72. The van der Waals surface area contributed by atoms with Gasteiger partial charge in [-0.25, -0.2) is 0 Å². The largest absolute Gasteiger partial charge is 0.396 e. The molecular weight excluding hydrogens is 140 g/mol. The molecule has 1 heterocycles. The molecular formula is C8H10N2O. The van der Waals surface area contributed by atoms with E-state index in [1.165, 1.54) is 0 Å². The van der Waals surface area contributed by atoms with Crippen molar-refractivity contribution < 1.29 is 4.84 Å². The van der Waals surface area contributed by atoms with Crippen LogP contribution in [0.15, 0.2) is 29.7 Å². The zero-order chi connectivity index (χ0) is 7.94. The van der Waals surface area contributed by atoms with Gasteiger partial charge in [-0.2, -0.15) is 0 Å². The Morgan fingerprint density at radius 2 is 2.27 bits per heavy atom. The summed E-state index contributed by atoms with van der Waals surface area (Å²) in [6.45, 7) is 2.49. The van der Waals surface area contributed by atoms with Crippen molar-refractivity contribution >= 4 is 6.21 Å². The number of hydrogen-bond acceptors (Lipinski definition) is 3. The van der Waals surface area contributed by atoms with Crippen LogP contribution in [0.25, 0.3) is 0 Å². The lowest BCUT2D eigenvalue weighted by molar-refractivity contribution is 0.160. The number of pyridine rings is 1. The number of hydrogen-bond donors (Lipinski definition) is 0. The number of rotatable bonds is 3. The highest BCUT2D eigenvalue weighted by atomic mass is 16.6. The maximum absolute atomic E-state index is 4.79. The molecule has 0 aliphatic rings. The van der Waals surface area contributed by atoms with Gasteiger partial charge in [-0.15, -0.1) is 0 Å². The van der Waals surface area contributed by atoms with Crippen LogP contribution in [0, 0.1) is 0 Å². The molecule has 0 aliphatic carbocycles. The van der Waals surface area contributed by atoms with Crippen LogP contribution in [-0.2, 0) is 4.84 Å². The number of oxime groups is 1. The minimum absolute atomic E-state index is 0.599. The molecule has 1 rings (SSSR count). The van der Waals surface area contributed by atoms with Crippen LogP contribution in [0.1, 0.15) is 12.5 Å². The van der Waals surface area contributed by atoms with E-state index in [1.807, 2.05) is 19.1 Å². The highest BCUT2D eigenvalue weighted by Gasteiger charge is 1.82. The molecule has 0 aromatic carbocycles. The Hall–Kier alpha value is -1.38. The van der Waals surface area contributed by atoms with Gasteiger partial charge in [0, 0.05) is 12.4 Å². The van der Waals surface area contributed by atoms with Gasteiger partial charge in [0.1, 0.15) is 6.61 Å². The molecule has 3 nitrogen and oxygen atoms in total. The van der Waals surface area contributed by atoms with Gasteiger partial charge >= 0.3 is 0 Å². The standard InChI is InChI=1S/C8H10N2O/c1-2-11-10-7-8-3-5-9-6-4-8/h3-7H,2H2,1H3/b10-7+. The number of aromatic nitrogens is 1. The molecule has 1 aromatic rings. The first-order valence-corrected chi connectivity index (χ1v) is 3.49. The van der Waals surface area contributed by atoms with Crippen molar-refractivity contribution in [1.29, 1.82) is 0 Å². The van der Waals surface area contributed by atoms with Gasteiger partial charge in [0.05, 0.1) is 6.21 Å². The average molecular weight is 150 g/mol. The third-order valence-corrected chi connectivity index (χ3v) is 1.11. The Balaban J connectivity index is 2.50. The number of nitrogens with zero attached hydrogens (tertiary/aromatic N) is 2. The predicted octanol–water partition coefficient (Wildman–Crippen LogP) is 1.45.